The summed E-state index contributed by atoms with van der Waals surface area (Å²) in [4.78, 5) is 0. The molecular weight excluding hydrogens is 429 g/mol. The molecule has 3 rings (SSSR count). The summed E-state index contributed by atoms with van der Waals surface area (Å²) < 4.78 is 48.3. The van der Waals surface area contributed by atoms with Crippen LogP contribution >= 0.6 is 11.6 Å². The smallest absolute Gasteiger partial charge is 0.232 e. The predicted molar refractivity (Wildman–Crippen MR) is 117 cm³/mol. The van der Waals surface area contributed by atoms with Gasteiger partial charge < -0.3 is 9.30 Å². The Hall–Kier alpha value is -2.76. The largest absolute Gasteiger partial charge is 0.497 e. The van der Waals surface area contributed by atoms with E-state index < -0.39 is 15.8 Å². The summed E-state index contributed by atoms with van der Waals surface area (Å²) in [6.07, 6.45) is 0.266. The number of fused-ring (bicyclic) bond motifs is 1. The highest BCUT2D eigenvalue weighted by molar-refractivity contribution is 7.92. The fourth-order valence-electron chi connectivity index (χ4n) is 3.41. The van der Waals surface area contributed by atoms with Gasteiger partial charge in [-0.25, -0.2) is 12.8 Å². The third-order valence-corrected chi connectivity index (χ3v) is 6.38. The lowest BCUT2D eigenvalue weighted by molar-refractivity contribution is 0.415. The average molecular weight is 450 g/mol. The quantitative estimate of drug-likeness (QED) is 0.504. The van der Waals surface area contributed by atoms with Crippen LogP contribution in [0.15, 0.2) is 36.4 Å². The molecule has 0 aliphatic heterocycles. The molecule has 30 heavy (non-hydrogen) atoms. The first-order valence-electron chi connectivity index (χ1n) is 9.31. The first-order chi connectivity index (χ1) is 14.3. The number of nitrogens with one attached hydrogen (secondary N) is 1. The number of alkyl halides is 1. The van der Waals surface area contributed by atoms with Gasteiger partial charge in [-0.05, 0) is 37.6 Å². The zero-order valence-electron chi connectivity index (χ0n) is 16.6. The molecule has 0 radical (unpaired) electrons. The van der Waals surface area contributed by atoms with Gasteiger partial charge in [0.15, 0.2) is 0 Å². The van der Waals surface area contributed by atoms with Gasteiger partial charge in [0, 0.05) is 29.4 Å². The number of aryl methyl sites for hydroxylation is 1. The molecule has 0 aliphatic carbocycles. The molecule has 0 bridgehead atoms. The maximum atomic E-state index is 14.8. The first-order valence-corrected chi connectivity index (χ1v) is 11.5. The van der Waals surface area contributed by atoms with Crippen LogP contribution in [0.5, 0.6) is 5.75 Å². The number of hydrogen-bond donors (Lipinski definition) is 1. The van der Waals surface area contributed by atoms with E-state index in [-0.39, 0.29) is 23.7 Å². The van der Waals surface area contributed by atoms with Crippen molar-refractivity contribution in [1.82, 2.24) is 4.57 Å². The molecule has 0 atom stereocenters. The zero-order chi connectivity index (χ0) is 21.9. The maximum absolute atomic E-state index is 14.8. The molecule has 158 valence electrons. The van der Waals surface area contributed by atoms with Crippen molar-refractivity contribution < 1.29 is 17.5 Å². The van der Waals surface area contributed by atoms with Gasteiger partial charge in [-0.1, -0.05) is 6.07 Å². The molecule has 0 spiro atoms. The summed E-state index contributed by atoms with van der Waals surface area (Å²) in [5, 5.41) is 10.5. The fraction of sp³-hybridized carbons (Fsp3) is 0.286. The maximum Gasteiger partial charge on any atom is 0.232 e. The van der Waals surface area contributed by atoms with E-state index in [2.05, 4.69) is 10.8 Å². The minimum Gasteiger partial charge on any atom is -0.497 e. The van der Waals surface area contributed by atoms with Crippen molar-refractivity contribution in [1.29, 1.82) is 5.26 Å². The minimum absolute atomic E-state index is 0.146. The van der Waals surface area contributed by atoms with Crippen LogP contribution in [-0.2, 0) is 16.6 Å². The second-order valence-corrected chi connectivity index (χ2v) is 8.84. The van der Waals surface area contributed by atoms with E-state index >= 15 is 0 Å². The van der Waals surface area contributed by atoms with E-state index in [0.29, 0.717) is 29.1 Å². The van der Waals surface area contributed by atoms with Gasteiger partial charge in [0.05, 0.1) is 35.3 Å². The number of nitriles is 1. The van der Waals surface area contributed by atoms with Gasteiger partial charge in [0.2, 0.25) is 10.0 Å². The summed E-state index contributed by atoms with van der Waals surface area (Å²) in [5.74, 6) is -0.0664. The molecule has 0 amide bonds. The van der Waals surface area contributed by atoms with Crippen molar-refractivity contribution in [2.75, 3.05) is 23.5 Å². The van der Waals surface area contributed by atoms with E-state index in [1.165, 1.54) is 12.1 Å². The highest BCUT2D eigenvalue weighted by Gasteiger charge is 2.20. The molecule has 1 N–H and O–H groups in total. The van der Waals surface area contributed by atoms with Crippen molar-refractivity contribution in [3.05, 3.63) is 47.8 Å². The van der Waals surface area contributed by atoms with Crippen molar-refractivity contribution in [3.8, 4) is 23.1 Å². The highest BCUT2D eigenvalue weighted by Crippen LogP contribution is 2.36. The Labute approximate surface area is 179 Å². The van der Waals surface area contributed by atoms with E-state index in [4.69, 9.17) is 16.3 Å². The van der Waals surface area contributed by atoms with Crippen LogP contribution in [0.3, 0.4) is 0 Å². The van der Waals surface area contributed by atoms with Crippen LogP contribution < -0.4 is 9.46 Å². The molecule has 0 aliphatic rings. The molecule has 1 aromatic heterocycles. The zero-order valence-corrected chi connectivity index (χ0v) is 18.1. The summed E-state index contributed by atoms with van der Waals surface area (Å²) in [7, 11) is -2.13. The van der Waals surface area contributed by atoms with Crippen LogP contribution in [0.4, 0.5) is 10.1 Å². The number of hydrogen-bond acceptors (Lipinski definition) is 4. The van der Waals surface area contributed by atoms with Gasteiger partial charge in [-0.3, -0.25) is 4.72 Å². The standard InChI is InChI=1S/C21H21ClFN3O3S/c1-3-26-20-12-15(29-2)6-7-16(20)17(13-24)21(26)14-5-8-19(18(23)11-14)25-30(27,28)10-4-9-22/h5-8,11-12,25H,3-4,9-10H2,1-2H3. The lowest BCUT2D eigenvalue weighted by atomic mass is 10.1. The molecule has 9 heteroatoms. The molecule has 0 saturated carbocycles. The number of aromatic nitrogens is 1. The van der Waals surface area contributed by atoms with E-state index in [9.17, 15) is 18.1 Å². The Morgan fingerprint density at radius 2 is 2.03 bits per heavy atom. The number of benzene rings is 2. The minimum atomic E-state index is -3.70. The van der Waals surface area contributed by atoms with Gasteiger partial charge in [0.25, 0.3) is 0 Å². The molecule has 2 aromatic carbocycles. The number of methoxy groups -OCH3 is 1. The number of rotatable bonds is 8. The van der Waals surface area contributed by atoms with Gasteiger partial charge in [0.1, 0.15) is 17.6 Å². The van der Waals surface area contributed by atoms with Crippen LogP contribution in [0, 0.1) is 17.1 Å². The lowest BCUT2D eigenvalue weighted by Gasteiger charge is -2.12. The summed E-state index contributed by atoms with van der Waals surface area (Å²) >= 11 is 5.54. The Morgan fingerprint density at radius 3 is 2.63 bits per heavy atom. The molecular formula is C21H21ClFN3O3S. The fourth-order valence-corrected chi connectivity index (χ4v) is 4.83. The Kier molecular flexibility index (Phi) is 6.54. The lowest BCUT2D eigenvalue weighted by Crippen LogP contribution is -2.17. The molecule has 1 heterocycles. The number of sulfonamides is 1. The molecule has 0 fully saturated rings. The van der Waals surface area contributed by atoms with E-state index in [1.807, 2.05) is 17.6 Å². The van der Waals surface area contributed by atoms with Gasteiger partial charge in [-0.15, -0.1) is 11.6 Å². The Balaban J connectivity index is 2.10. The SMILES string of the molecule is CCn1c(-c2ccc(NS(=O)(=O)CCCCl)c(F)c2)c(C#N)c2ccc(OC)cc21. The molecule has 0 unspecified atom stereocenters. The number of nitrogens with zero attached hydrogens (tertiary/aromatic N) is 2. The second-order valence-electron chi connectivity index (χ2n) is 6.62. The Bertz CT molecular complexity index is 1230. The topological polar surface area (TPSA) is 84.1 Å². The van der Waals surface area contributed by atoms with Crippen molar-refractivity contribution in [2.24, 2.45) is 0 Å². The summed E-state index contributed by atoms with van der Waals surface area (Å²) in [6.45, 7) is 2.48. The summed E-state index contributed by atoms with van der Waals surface area (Å²) in [5.41, 5.74) is 2.12. The van der Waals surface area contributed by atoms with Crippen molar-refractivity contribution in [2.45, 2.75) is 19.9 Å². The third-order valence-electron chi connectivity index (χ3n) is 4.75. The second kappa shape index (κ2) is 8.94. The van der Waals surface area contributed by atoms with E-state index in [1.54, 1.807) is 25.3 Å². The molecule has 0 saturated heterocycles. The number of anilines is 1. The average Bonchev–Trinajstić information content (AvgIpc) is 3.06. The highest BCUT2D eigenvalue weighted by atomic mass is 35.5. The number of ether oxygens (including phenoxy) is 1. The van der Waals surface area contributed by atoms with Crippen LogP contribution in [-0.4, -0.2) is 31.7 Å². The number of halogens is 2. The van der Waals surface area contributed by atoms with Gasteiger partial charge in [-0.2, -0.15) is 5.26 Å². The van der Waals surface area contributed by atoms with Gasteiger partial charge >= 0.3 is 0 Å². The normalized spacial score (nSPS) is 11.4. The molecule has 6 nitrogen and oxygen atoms in total. The van der Waals surface area contributed by atoms with Crippen molar-refractivity contribution >= 4 is 38.2 Å². The van der Waals surface area contributed by atoms with Crippen LogP contribution in [0.2, 0.25) is 0 Å². The van der Waals surface area contributed by atoms with Crippen LogP contribution in [0.1, 0.15) is 18.9 Å². The predicted octanol–water partition coefficient (Wildman–Crippen LogP) is 4.72. The van der Waals surface area contributed by atoms with E-state index in [0.717, 1.165) is 10.9 Å². The first kappa shape index (κ1) is 21.9. The monoisotopic (exact) mass is 449 g/mol. The summed E-state index contributed by atoms with van der Waals surface area (Å²) in [6, 6.07) is 11.8. The third kappa shape index (κ3) is 4.23. The van der Waals surface area contributed by atoms with Crippen molar-refractivity contribution in [3.63, 3.8) is 0 Å². The molecule has 3 aromatic rings. The van der Waals surface area contributed by atoms with Crippen LogP contribution in [0.25, 0.3) is 22.2 Å². The Morgan fingerprint density at radius 1 is 1.27 bits per heavy atom.